The molecule has 0 aromatic rings. The Labute approximate surface area is 76.9 Å². The zero-order chi connectivity index (χ0) is 9.90. The van der Waals surface area contributed by atoms with Crippen LogP contribution in [0.3, 0.4) is 0 Å². The molecular formula is C9H13NO3. The number of rotatable bonds is 3. The summed E-state index contributed by atoms with van der Waals surface area (Å²) in [4.78, 5) is 14.7. The van der Waals surface area contributed by atoms with E-state index in [1.165, 1.54) is 12.5 Å². The largest absolute Gasteiger partial charge is 0.491 e. The third-order valence-corrected chi connectivity index (χ3v) is 1.94. The van der Waals surface area contributed by atoms with Crippen molar-refractivity contribution in [2.24, 2.45) is 10.4 Å². The summed E-state index contributed by atoms with van der Waals surface area (Å²) in [6.45, 7) is 3.34. The highest BCUT2D eigenvalue weighted by molar-refractivity contribution is 5.75. The van der Waals surface area contributed by atoms with Crippen LogP contribution in [0, 0.1) is 5.41 Å². The van der Waals surface area contributed by atoms with Gasteiger partial charge in [0.05, 0.1) is 11.6 Å². The molecule has 0 bridgehead atoms. The normalized spacial score (nSPS) is 21.2. The number of aliphatic imine (C=N–C) groups is 1. The molecule has 4 heteroatoms. The third kappa shape index (κ3) is 2.57. The van der Waals surface area contributed by atoms with Gasteiger partial charge < -0.3 is 9.84 Å². The Hall–Kier alpha value is -1.32. The molecule has 4 nitrogen and oxygen atoms in total. The van der Waals surface area contributed by atoms with Crippen LogP contribution in [0.5, 0.6) is 0 Å². The summed E-state index contributed by atoms with van der Waals surface area (Å²) in [6, 6.07) is 0. The van der Waals surface area contributed by atoms with Crippen molar-refractivity contribution in [3.05, 3.63) is 12.5 Å². The molecule has 1 heterocycles. The molecule has 1 atom stereocenters. The maximum atomic E-state index is 10.8. The second-order valence-corrected chi connectivity index (χ2v) is 3.65. The van der Waals surface area contributed by atoms with Crippen molar-refractivity contribution >= 4 is 12.2 Å². The first-order valence-corrected chi connectivity index (χ1v) is 4.09. The average Bonchev–Trinajstić information content (AvgIpc) is 2.05. The van der Waals surface area contributed by atoms with E-state index in [0.29, 0.717) is 6.42 Å². The Morgan fingerprint density at radius 1 is 1.69 bits per heavy atom. The van der Waals surface area contributed by atoms with Gasteiger partial charge in [-0.3, -0.25) is 9.79 Å². The topological polar surface area (TPSA) is 58.9 Å². The second-order valence-electron chi connectivity index (χ2n) is 3.65. The molecule has 1 aliphatic rings. The summed E-state index contributed by atoms with van der Waals surface area (Å²) in [5, 5.41) is 8.85. The molecular weight excluding hydrogens is 170 g/mol. The van der Waals surface area contributed by atoms with Gasteiger partial charge in [0.15, 0.2) is 0 Å². The molecule has 0 amide bonds. The Morgan fingerprint density at radius 2 is 2.38 bits per heavy atom. The molecule has 72 valence electrons. The minimum atomic E-state index is -0.820. The quantitative estimate of drug-likeness (QED) is 0.720. The zero-order valence-electron chi connectivity index (χ0n) is 7.73. The van der Waals surface area contributed by atoms with Crippen molar-refractivity contribution in [1.82, 2.24) is 0 Å². The van der Waals surface area contributed by atoms with Crippen LogP contribution in [0.15, 0.2) is 17.5 Å². The van der Waals surface area contributed by atoms with E-state index in [9.17, 15) is 4.79 Å². The second kappa shape index (κ2) is 3.60. The van der Waals surface area contributed by atoms with Gasteiger partial charge in [0, 0.05) is 12.6 Å². The van der Waals surface area contributed by atoms with E-state index in [2.05, 4.69) is 4.99 Å². The van der Waals surface area contributed by atoms with E-state index in [0.717, 1.165) is 0 Å². The first kappa shape index (κ1) is 9.77. The smallest absolute Gasteiger partial charge is 0.309 e. The number of carboxylic acid groups (broad SMARTS) is 1. The minimum Gasteiger partial charge on any atom is -0.491 e. The van der Waals surface area contributed by atoms with Gasteiger partial charge in [-0.25, -0.2) is 0 Å². The van der Waals surface area contributed by atoms with Crippen molar-refractivity contribution in [1.29, 1.82) is 0 Å². The maximum absolute atomic E-state index is 10.8. The van der Waals surface area contributed by atoms with Gasteiger partial charge in [-0.05, 0) is 13.8 Å². The molecule has 1 unspecified atom stereocenters. The lowest BCUT2D eigenvalue weighted by atomic mass is 9.87. The maximum Gasteiger partial charge on any atom is 0.309 e. The Balaban J connectivity index is 2.53. The molecule has 0 spiro atoms. The lowest BCUT2D eigenvalue weighted by molar-refractivity contribution is -0.148. The molecule has 0 saturated carbocycles. The van der Waals surface area contributed by atoms with Gasteiger partial charge in [-0.1, -0.05) is 0 Å². The summed E-state index contributed by atoms with van der Waals surface area (Å²) in [5.74, 6) is -0.820. The van der Waals surface area contributed by atoms with E-state index in [-0.39, 0.29) is 6.10 Å². The standard InChI is InChI=1S/C9H13NO3/c1-9(2,8(11)12)5-7-6-10-3-4-13-7/h3-4,6-7H,5H2,1-2H3,(H,11,12). The molecule has 0 radical (unpaired) electrons. The first-order chi connectivity index (χ1) is 6.02. The summed E-state index contributed by atoms with van der Waals surface area (Å²) >= 11 is 0. The van der Waals surface area contributed by atoms with Crippen LogP contribution in [0.2, 0.25) is 0 Å². The fourth-order valence-corrected chi connectivity index (χ4v) is 1.04. The van der Waals surface area contributed by atoms with Gasteiger partial charge in [-0.2, -0.15) is 0 Å². The van der Waals surface area contributed by atoms with Crippen molar-refractivity contribution in [3.63, 3.8) is 0 Å². The fourth-order valence-electron chi connectivity index (χ4n) is 1.04. The molecule has 0 fully saturated rings. The molecule has 1 N–H and O–H groups in total. The molecule has 0 aromatic heterocycles. The van der Waals surface area contributed by atoms with Crippen LogP contribution in [-0.4, -0.2) is 23.4 Å². The molecule has 1 rings (SSSR count). The summed E-state index contributed by atoms with van der Waals surface area (Å²) in [5.41, 5.74) is -0.776. The van der Waals surface area contributed by atoms with Gasteiger partial charge in [0.2, 0.25) is 0 Å². The number of carbonyl (C=O) groups is 1. The Morgan fingerprint density at radius 3 is 2.85 bits per heavy atom. The fraction of sp³-hybridized carbons (Fsp3) is 0.556. The van der Waals surface area contributed by atoms with Gasteiger partial charge in [0.1, 0.15) is 12.4 Å². The van der Waals surface area contributed by atoms with Crippen LogP contribution >= 0.6 is 0 Å². The summed E-state index contributed by atoms with van der Waals surface area (Å²) in [6.07, 6.45) is 4.82. The highest BCUT2D eigenvalue weighted by Crippen LogP contribution is 2.24. The molecule has 0 aromatic carbocycles. The minimum absolute atomic E-state index is 0.226. The number of nitrogens with zero attached hydrogens (tertiary/aromatic N) is 1. The van der Waals surface area contributed by atoms with Crippen molar-refractivity contribution in [3.8, 4) is 0 Å². The van der Waals surface area contributed by atoms with Crippen LogP contribution in [0.25, 0.3) is 0 Å². The number of hydrogen-bond acceptors (Lipinski definition) is 3. The van der Waals surface area contributed by atoms with Crippen LogP contribution in [0.1, 0.15) is 20.3 Å². The van der Waals surface area contributed by atoms with Crippen molar-refractivity contribution in [2.75, 3.05) is 0 Å². The highest BCUT2D eigenvalue weighted by Gasteiger charge is 2.30. The number of ether oxygens (including phenoxy) is 1. The predicted molar refractivity (Wildman–Crippen MR) is 48.5 cm³/mol. The SMILES string of the molecule is CC(C)(CC1C=NC=CO1)C(=O)O. The highest BCUT2D eigenvalue weighted by atomic mass is 16.5. The monoisotopic (exact) mass is 183 g/mol. The predicted octanol–water partition coefficient (Wildman–Crippen LogP) is 1.43. The number of hydrogen-bond donors (Lipinski definition) is 1. The van der Waals surface area contributed by atoms with Crippen LogP contribution in [-0.2, 0) is 9.53 Å². The number of carboxylic acids is 1. The zero-order valence-corrected chi connectivity index (χ0v) is 7.73. The third-order valence-electron chi connectivity index (χ3n) is 1.94. The lowest BCUT2D eigenvalue weighted by Gasteiger charge is -2.23. The van der Waals surface area contributed by atoms with Crippen LogP contribution in [0.4, 0.5) is 0 Å². The van der Waals surface area contributed by atoms with Crippen molar-refractivity contribution < 1.29 is 14.6 Å². The number of aliphatic carboxylic acids is 1. The Kier molecular flexibility index (Phi) is 2.70. The average molecular weight is 183 g/mol. The van der Waals surface area contributed by atoms with Crippen LogP contribution < -0.4 is 0 Å². The summed E-state index contributed by atoms with van der Waals surface area (Å²) < 4.78 is 5.17. The van der Waals surface area contributed by atoms with E-state index >= 15 is 0 Å². The van der Waals surface area contributed by atoms with Crippen molar-refractivity contribution in [2.45, 2.75) is 26.4 Å². The molecule has 1 aliphatic heterocycles. The lowest BCUT2D eigenvalue weighted by Crippen LogP contribution is -2.30. The molecule has 13 heavy (non-hydrogen) atoms. The van der Waals surface area contributed by atoms with E-state index in [1.807, 2.05) is 0 Å². The molecule has 0 saturated heterocycles. The Bertz CT molecular complexity index is 256. The molecule has 0 aliphatic carbocycles. The summed E-state index contributed by atoms with van der Waals surface area (Å²) in [7, 11) is 0. The van der Waals surface area contributed by atoms with Gasteiger partial charge in [0.25, 0.3) is 0 Å². The van der Waals surface area contributed by atoms with E-state index in [1.54, 1.807) is 20.1 Å². The van der Waals surface area contributed by atoms with E-state index < -0.39 is 11.4 Å². The van der Waals surface area contributed by atoms with Gasteiger partial charge in [-0.15, -0.1) is 0 Å². The van der Waals surface area contributed by atoms with Gasteiger partial charge >= 0.3 is 5.97 Å². The first-order valence-electron chi connectivity index (χ1n) is 4.09. The van der Waals surface area contributed by atoms with E-state index in [4.69, 9.17) is 9.84 Å².